The number of nitrogens with zero attached hydrogens (tertiary/aromatic N) is 1. The van der Waals surface area contributed by atoms with Gasteiger partial charge in [0.25, 0.3) is 5.91 Å². The average molecular weight is 443 g/mol. The van der Waals surface area contributed by atoms with Crippen LogP contribution in [0, 0.1) is 5.82 Å². The zero-order valence-electron chi connectivity index (χ0n) is 15.1. The highest BCUT2D eigenvalue weighted by Gasteiger charge is 2.24. The van der Waals surface area contributed by atoms with Gasteiger partial charge in [-0.2, -0.15) is 0 Å². The first-order valence-corrected chi connectivity index (χ1v) is 9.77. The average Bonchev–Trinajstić information content (AvgIpc) is 3.30. The number of amides is 1. The molecule has 1 aliphatic heterocycles. The van der Waals surface area contributed by atoms with Crippen molar-refractivity contribution in [2.75, 3.05) is 0 Å². The zero-order chi connectivity index (χ0) is 21.3. The van der Waals surface area contributed by atoms with Crippen LogP contribution in [0.5, 0.6) is 0 Å². The van der Waals surface area contributed by atoms with E-state index in [1.165, 1.54) is 36.4 Å². The van der Waals surface area contributed by atoms with Crippen LogP contribution < -0.4 is 5.32 Å². The molecule has 2 N–H and O–H groups in total. The van der Waals surface area contributed by atoms with E-state index in [0.29, 0.717) is 32.8 Å². The van der Waals surface area contributed by atoms with Crippen LogP contribution in [0.3, 0.4) is 0 Å². The van der Waals surface area contributed by atoms with E-state index in [-0.39, 0.29) is 22.3 Å². The number of carbonyl (C=O) groups excluding carboxylic acids is 1. The number of benzene rings is 2. The molecule has 9 heteroatoms. The van der Waals surface area contributed by atoms with Crippen LogP contribution in [-0.4, -0.2) is 22.2 Å². The minimum atomic E-state index is -1.11. The molecule has 0 atom stereocenters. The summed E-state index contributed by atoms with van der Waals surface area (Å²) in [6.07, 6.45) is 1.57. The molecule has 0 bridgehead atoms. The van der Waals surface area contributed by atoms with Gasteiger partial charge in [0, 0.05) is 11.6 Å². The molecule has 0 spiro atoms. The summed E-state index contributed by atoms with van der Waals surface area (Å²) in [6.45, 7) is 0. The molecule has 30 heavy (non-hydrogen) atoms. The lowest BCUT2D eigenvalue weighted by atomic mass is 10.1. The second-order valence-electron chi connectivity index (χ2n) is 6.16. The van der Waals surface area contributed by atoms with Crippen molar-refractivity contribution in [1.82, 2.24) is 5.32 Å². The monoisotopic (exact) mass is 442 g/mol. The number of carboxylic acid groups (broad SMARTS) is 1. The molecular weight excluding hydrogens is 431 g/mol. The predicted octanol–water partition coefficient (Wildman–Crippen LogP) is 5.33. The molecule has 4 rings (SSSR count). The molecule has 2 heterocycles. The number of hydrogen-bond acceptors (Lipinski definition) is 5. The third-order valence-corrected chi connectivity index (χ3v) is 5.31. The first-order valence-electron chi connectivity index (χ1n) is 8.57. The molecule has 1 amide bonds. The van der Waals surface area contributed by atoms with E-state index >= 15 is 0 Å². The maximum atomic E-state index is 13.0. The lowest BCUT2D eigenvalue weighted by Gasteiger charge is -2.01. The Kier molecular flexibility index (Phi) is 5.43. The number of halogens is 2. The van der Waals surface area contributed by atoms with E-state index in [4.69, 9.17) is 21.1 Å². The normalized spacial score (nSPS) is 16.3. The molecule has 1 aromatic heterocycles. The number of carboxylic acids is 1. The first-order chi connectivity index (χ1) is 14.4. The molecule has 0 radical (unpaired) electrons. The molecule has 6 nitrogen and oxygen atoms in total. The second-order valence-corrected chi connectivity index (χ2v) is 7.60. The van der Waals surface area contributed by atoms with Gasteiger partial charge in [-0.15, -0.1) is 0 Å². The van der Waals surface area contributed by atoms with Crippen molar-refractivity contribution in [1.29, 1.82) is 0 Å². The van der Waals surface area contributed by atoms with Crippen LogP contribution in [0.15, 0.2) is 68.9 Å². The van der Waals surface area contributed by atoms with E-state index < -0.39 is 5.97 Å². The lowest BCUT2D eigenvalue weighted by Crippen LogP contribution is -2.19. The summed E-state index contributed by atoms with van der Waals surface area (Å²) in [6, 6.07) is 13.5. The van der Waals surface area contributed by atoms with E-state index in [1.54, 1.807) is 24.3 Å². The highest BCUT2D eigenvalue weighted by molar-refractivity contribution is 8.18. The third kappa shape index (κ3) is 4.29. The Balaban J connectivity index is 1.54. The van der Waals surface area contributed by atoms with Crippen LogP contribution >= 0.6 is 23.4 Å². The molecule has 1 saturated heterocycles. The van der Waals surface area contributed by atoms with Crippen molar-refractivity contribution in [2.24, 2.45) is 4.99 Å². The number of aliphatic imine (C=N–C) groups is 1. The molecule has 150 valence electrons. The molecule has 0 unspecified atom stereocenters. The second kappa shape index (κ2) is 8.17. The summed E-state index contributed by atoms with van der Waals surface area (Å²) < 4.78 is 18.7. The molecule has 3 aromatic rings. The summed E-state index contributed by atoms with van der Waals surface area (Å²) in [7, 11) is 0. The minimum Gasteiger partial charge on any atom is -0.478 e. The van der Waals surface area contributed by atoms with Gasteiger partial charge >= 0.3 is 5.97 Å². The van der Waals surface area contributed by atoms with Crippen molar-refractivity contribution in [3.63, 3.8) is 0 Å². The first kappa shape index (κ1) is 19.9. The molecule has 0 aliphatic carbocycles. The fourth-order valence-corrected chi connectivity index (χ4v) is 3.75. The molecule has 2 aromatic carbocycles. The van der Waals surface area contributed by atoms with Gasteiger partial charge in [-0.05, 0) is 60.3 Å². The SMILES string of the molecule is O=C1NC(=Nc2ccc(F)cc2)SC1=Cc1ccc(-c2ccc(C(=O)O)c(Cl)c2)o1. The van der Waals surface area contributed by atoms with Gasteiger partial charge in [0.2, 0.25) is 0 Å². The van der Waals surface area contributed by atoms with Gasteiger partial charge in [-0.1, -0.05) is 17.7 Å². The number of rotatable bonds is 4. The number of amidine groups is 1. The number of thioether (sulfide) groups is 1. The van der Waals surface area contributed by atoms with Crippen LogP contribution in [0.1, 0.15) is 16.1 Å². The van der Waals surface area contributed by atoms with Crippen molar-refractivity contribution in [2.45, 2.75) is 0 Å². The molecule has 1 aliphatic rings. The standard InChI is InChI=1S/C21H12ClFN2O4S/c22-16-9-11(1-7-15(16)20(27)28)17-8-6-14(29-17)10-18-19(26)25-21(30-18)24-13-4-2-12(23)3-5-13/h1-10H,(H,27,28)(H,24,25,26). The Bertz CT molecular complexity index is 1220. The van der Waals surface area contributed by atoms with Gasteiger partial charge < -0.3 is 14.8 Å². The quantitative estimate of drug-likeness (QED) is 0.533. The van der Waals surface area contributed by atoms with Crippen molar-refractivity contribution >= 4 is 52.2 Å². The van der Waals surface area contributed by atoms with E-state index in [2.05, 4.69) is 10.3 Å². The van der Waals surface area contributed by atoms with E-state index in [9.17, 15) is 14.0 Å². The Hall–Kier alpha value is -3.36. The molecule has 0 saturated carbocycles. The largest absolute Gasteiger partial charge is 0.478 e. The maximum absolute atomic E-state index is 13.0. The Labute approximate surface area is 179 Å². The van der Waals surface area contributed by atoms with Crippen molar-refractivity contribution in [3.05, 3.63) is 81.7 Å². The fourth-order valence-electron chi connectivity index (χ4n) is 2.67. The van der Waals surface area contributed by atoms with Gasteiger partial charge in [0.15, 0.2) is 5.17 Å². The van der Waals surface area contributed by atoms with Crippen LogP contribution in [0.4, 0.5) is 10.1 Å². The maximum Gasteiger partial charge on any atom is 0.337 e. The summed E-state index contributed by atoms with van der Waals surface area (Å²) in [5.74, 6) is -0.893. The van der Waals surface area contributed by atoms with Gasteiger partial charge in [0.1, 0.15) is 17.3 Å². The molecular formula is C21H12ClFN2O4S. The smallest absolute Gasteiger partial charge is 0.337 e. The number of furan rings is 1. The third-order valence-electron chi connectivity index (χ3n) is 4.09. The predicted molar refractivity (Wildman–Crippen MR) is 113 cm³/mol. The Morgan fingerprint density at radius 1 is 1.17 bits per heavy atom. The fraction of sp³-hybridized carbons (Fsp3) is 0. The number of carbonyl (C=O) groups is 2. The summed E-state index contributed by atoms with van der Waals surface area (Å²) in [5.41, 5.74) is 1.13. The Morgan fingerprint density at radius 3 is 2.63 bits per heavy atom. The van der Waals surface area contributed by atoms with Gasteiger partial charge in [0.05, 0.1) is 21.2 Å². The topological polar surface area (TPSA) is 91.9 Å². The van der Waals surface area contributed by atoms with E-state index in [0.717, 1.165) is 11.8 Å². The van der Waals surface area contributed by atoms with Crippen molar-refractivity contribution < 1.29 is 23.5 Å². The minimum absolute atomic E-state index is 0.00121. The van der Waals surface area contributed by atoms with Gasteiger partial charge in [-0.3, -0.25) is 4.79 Å². The highest BCUT2D eigenvalue weighted by atomic mass is 35.5. The molecule has 1 fully saturated rings. The highest BCUT2D eigenvalue weighted by Crippen LogP contribution is 2.31. The number of aromatic carboxylic acids is 1. The Morgan fingerprint density at radius 2 is 1.93 bits per heavy atom. The zero-order valence-corrected chi connectivity index (χ0v) is 16.6. The number of nitrogens with one attached hydrogen (secondary N) is 1. The summed E-state index contributed by atoms with van der Waals surface area (Å²) in [5, 5.41) is 12.2. The summed E-state index contributed by atoms with van der Waals surface area (Å²) in [4.78, 5) is 27.9. The van der Waals surface area contributed by atoms with Gasteiger partial charge in [-0.25, -0.2) is 14.2 Å². The van der Waals surface area contributed by atoms with Crippen LogP contribution in [-0.2, 0) is 4.79 Å². The number of hydrogen-bond donors (Lipinski definition) is 2. The van der Waals surface area contributed by atoms with Crippen LogP contribution in [0.2, 0.25) is 5.02 Å². The van der Waals surface area contributed by atoms with Crippen molar-refractivity contribution in [3.8, 4) is 11.3 Å². The summed E-state index contributed by atoms with van der Waals surface area (Å²) >= 11 is 7.14. The van der Waals surface area contributed by atoms with Crippen LogP contribution in [0.25, 0.3) is 17.4 Å². The van der Waals surface area contributed by atoms with E-state index in [1.807, 2.05) is 0 Å². The lowest BCUT2D eigenvalue weighted by molar-refractivity contribution is -0.115.